The molecule has 13 heteroatoms. The van der Waals surface area contributed by atoms with Gasteiger partial charge in [0.1, 0.15) is 23.6 Å². The Bertz CT molecular complexity index is 1700. The van der Waals surface area contributed by atoms with Gasteiger partial charge < -0.3 is 24.7 Å². The number of aromatic nitrogens is 5. The normalized spacial score (nSPS) is 16.2. The van der Waals surface area contributed by atoms with Crippen LogP contribution in [-0.2, 0) is 42.1 Å². The monoisotopic (exact) mass is 586 g/mol. The van der Waals surface area contributed by atoms with Gasteiger partial charge in [-0.25, -0.2) is 14.8 Å². The number of carbonyl (C=O) groups is 2. The molecule has 224 valence electrons. The van der Waals surface area contributed by atoms with Crippen LogP contribution in [0.1, 0.15) is 56.1 Å². The molecule has 1 atom stereocenters. The van der Waals surface area contributed by atoms with Crippen LogP contribution in [0.2, 0.25) is 0 Å². The highest BCUT2D eigenvalue weighted by Crippen LogP contribution is 2.31. The molecule has 1 unspecified atom stereocenters. The molecule has 0 radical (unpaired) electrons. The van der Waals surface area contributed by atoms with Crippen LogP contribution < -0.4 is 16.2 Å². The van der Waals surface area contributed by atoms with Crippen molar-refractivity contribution in [3.63, 3.8) is 0 Å². The summed E-state index contributed by atoms with van der Waals surface area (Å²) in [7, 11) is 0. The summed E-state index contributed by atoms with van der Waals surface area (Å²) in [6, 6.07) is 11.2. The lowest BCUT2D eigenvalue weighted by Crippen LogP contribution is -2.41. The van der Waals surface area contributed by atoms with Gasteiger partial charge in [0.05, 0.1) is 55.3 Å². The molecule has 2 aliphatic rings. The Hall–Kier alpha value is -4.94. The molecule has 6 rings (SSSR count). The third-order valence-corrected chi connectivity index (χ3v) is 7.27. The third-order valence-electron chi connectivity index (χ3n) is 7.27. The van der Waals surface area contributed by atoms with Crippen LogP contribution >= 0.6 is 0 Å². The van der Waals surface area contributed by atoms with Crippen LogP contribution in [0.3, 0.4) is 0 Å². The second-order valence-corrected chi connectivity index (χ2v) is 11.7. The van der Waals surface area contributed by atoms with Gasteiger partial charge >= 0.3 is 6.09 Å². The van der Waals surface area contributed by atoms with Gasteiger partial charge in [0.15, 0.2) is 0 Å². The Labute approximate surface area is 247 Å². The standard InChI is InChI=1S/C30H34N8O5/c1-30(2,3)43-29(41)36-11-12-38-21(16-36)13-20(35-38)14-31-25(39)17-37-18-33-23-10-9-22(34-26(23)28(37)40)24-15-32-27(42-24)19-7-5-4-6-8-19/h4-8,13,15,18,22,34H,9-12,14,16-17H2,1-3H3,(H,31,39). The van der Waals surface area contributed by atoms with Gasteiger partial charge in [-0.05, 0) is 51.8 Å². The third kappa shape index (κ3) is 6.30. The predicted molar refractivity (Wildman–Crippen MR) is 156 cm³/mol. The molecule has 2 N–H and O–H groups in total. The largest absolute Gasteiger partial charge is 0.444 e. The summed E-state index contributed by atoms with van der Waals surface area (Å²) in [5.41, 5.74) is 2.52. The summed E-state index contributed by atoms with van der Waals surface area (Å²) >= 11 is 0. The van der Waals surface area contributed by atoms with E-state index in [9.17, 15) is 14.4 Å². The zero-order valence-electron chi connectivity index (χ0n) is 24.4. The molecule has 0 fully saturated rings. The summed E-state index contributed by atoms with van der Waals surface area (Å²) in [5, 5.41) is 10.6. The number of hydrogen-bond donors (Lipinski definition) is 2. The van der Waals surface area contributed by atoms with E-state index in [0.717, 1.165) is 11.3 Å². The van der Waals surface area contributed by atoms with Crippen molar-refractivity contribution in [3.05, 3.63) is 82.1 Å². The zero-order valence-corrected chi connectivity index (χ0v) is 24.4. The fourth-order valence-corrected chi connectivity index (χ4v) is 5.17. The zero-order chi connectivity index (χ0) is 30.1. The van der Waals surface area contributed by atoms with Crippen LogP contribution in [0.5, 0.6) is 0 Å². The second kappa shape index (κ2) is 11.4. The number of fused-ring (bicyclic) bond motifs is 2. The first-order valence-corrected chi connectivity index (χ1v) is 14.3. The molecular formula is C30H34N8O5. The van der Waals surface area contributed by atoms with Crippen LogP contribution in [0.15, 0.2) is 58.1 Å². The summed E-state index contributed by atoms with van der Waals surface area (Å²) in [6.07, 6.45) is 4.00. The lowest BCUT2D eigenvalue weighted by molar-refractivity contribution is -0.121. The average molecular weight is 587 g/mol. The molecule has 2 amide bonds. The van der Waals surface area contributed by atoms with Gasteiger partial charge in [-0.2, -0.15) is 5.10 Å². The number of amides is 2. The topological polar surface area (TPSA) is 149 Å². The van der Waals surface area contributed by atoms with E-state index in [1.165, 1.54) is 10.9 Å². The number of rotatable bonds is 6. The fraction of sp³-hybridized carbons (Fsp3) is 0.400. The molecule has 13 nitrogen and oxygen atoms in total. The minimum absolute atomic E-state index is 0.188. The van der Waals surface area contributed by atoms with E-state index in [1.54, 1.807) is 11.1 Å². The lowest BCUT2D eigenvalue weighted by Gasteiger charge is -2.30. The molecule has 0 saturated heterocycles. The van der Waals surface area contributed by atoms with Crippen molar-refractivity contribution in [2.75, 3.05) is 11.9 Å². The molecule has 0 aliphatic carbocycles. The smallest absolute Gasteiger partial charge is 0.410 e. The van der Waals surface area contributed by atoms with Crippen molar-refractivity contribution < 1.29 is 18.7 Å². The minimum atomic E-state index is -0.568. The van der Waals surface area contributed by atoms with Gasteiger partial charge in [-0.3, -0.25) is 18.8 Å². The number of nitrogens with one attached hydrogen (secondary N) is 2. The van der Waals surface area contributed by atoms with Gasteiger partial charge in [-0.15, -0.1) is 0 Å². The maximum atomic E-state index is 13.3. The van der Waals surface area contributed by atoms with E-state index in [1.807, 2.05) is 61.9 Å². The number of aryl methyl sites for hydroxylation is 1. The first kappa shape index (κ1) is 28.2. The first-order chi connectivity index (χ1) is 20.6. The molecule has 5 heterocycles. The summed E-state index contributed by atoms with van der Waals surface area (Å²) < 4.78 is 14.6. The second-order valence-electron chi connectivity index (χ2n) is 11.7. The van der Waals surface area contributed by atoms with E-state index in [0.29, 0.717) is 61.2 Å². The SMILES string of the molecule is CC(C)(C)OC(=O)N1CCn2nc(CNC(=O)Cn3cnc4c(c3=O)NC(c3cnc(-c5ccccc5)o3)CC4)cc2C1. The number of carbonyl (C=O) groups excluding carboxylic acids is 2. The molecule has 0 spiro atoms. The maximum absolute atomic E-state index is 13.3. The highest BCUT2D eigenvalue weighted by Gasteiger charge is 2.28. The highest BCUT2D eigenvalue weighted by molar-refractivity contribution is 5.75. The average Bonchev–Trinajstić information content (AvgIpc) is 3.64. The van der Waals surface area contributed by atoms with Gasteiger partial charge in [0, 0.05) is 12.1 Å². The Morgan fingerprint density at radius 3 is 2.77 bits per heavy atom. The molecule has 1 aromatic carbocycles. The van der Waals surface area contributed by atoms with Crippen molar-refractivity contribution in [2.45, 2.75) is 71.4 Å². The van der Waals surface area contributed by atoms with E-state index in [-0.39, 0.29) is 36.7 Å². The quantitative estimate of drug-likeness (QED) is 0.347. The van der Waals surface area contributed by atoms with Gasteiger partial charge in [0.25, 0.3) is 5.56 Å². The molecule has 2 aliphatic heterocycles. The van der Waals surface area contributed by atoms with Crippen molar-refractivity contribution in [2.24, 2.45) is 0 Å². The van der Waals surface area contributed by atoms with Crippen molar-refractivity contribution in [1.29, 1.82) is 0 Å². The number of benzene rings is 1. The molecule has 4 aromatic rings. The number of anilines is 1. The summed E-state index contributed by atoms with van der Waals surface area (Å²) in [4.78, 5) is 49.0. The Balaban J connectivity index is 1.06. The van der Waals surface area contributed by atoms with E-state index in [2.05, 4.69) is 25.7 Å². The maximum Gasteiger partial charge on any atom is 0.410 e. The number of ether oxygens (including phenoxy) is 1. The van der Waals surface area contributed by atoms with Crippen molar-refractivity contribution in [1.82, 2.24) is 34.5 Å². The molecule has 43 heavy (non-hydrogen) atoms. The summed E-state index contributed by atoms with van der Waals surface area (Å²) in [5.74, 6) is 0.803. The number of nitrogens with zero attached hydrogens (tertiary/aromatic N) is 6. The Morgan fingerprint density at radius 2 is 1.98 bits per heavy atom. The Kier molecular flexibility index (Phi) is 7.46. The molecule has 0 saturated carbocycles. The molecular weight excluding hydrogens is 552 g/mol. The number of oxazole rings is 1. The minimum Gasteiger partial charge on any atom is -0.444 e. The van der Waals surface area contributed by atoms with E-state index >= 15 is 0 Å². The molecule has 0 bridgehead atoms. The van der Waals surface area contributed by atoms with Crippen LogP contribution in [0, 0.1) is 0 Å². The van der Waals surface area contributed by atoms with Crippen LogP contribution in [-0.4, -0.2) is 53.4 Å². The van der Waals surface area contributed by atoms with Gasteiger partial charge in [0.2, 0.25) is 11.8 Å². The predicted octanol–water partition coefficient (Wildman–Crippen LogP) is 3.26. The fourth-order valence-electron chi connectivity index (χ4n) is 5.17. The van der Waals surface area contributed by atoms with E-state index in [4.69, 9.17) is 9.15 Å². The number of hydrogen-bond acceptors (Lipinski definition) is 9. The van der Waals surface area contributed by atoms with Crippen LogP contribution in [0.4, 0.5) is 10.5 Å². The van der Waals surface area contributed by atoms with E-state index < -0.39 is 5.60 Å². The summed E-state index contributed by atoms with van der Waals surface area (Å²) in [6.45, 7) is 6.91. The molecule has 3 aromatic heterocycles. The van der Waals surface area contributed by atoms with Crippen LogP contribution in [0.25, 0.3) is 11.5 Å². The van der Waals surface area contributed by atoms with Crippen molar-refractivity contribution in [3.8, 4) is 11.5 Å². The van der Waals surface area contributed by atoms with Crippen molar-refractivity contribution >= 4 is 17.7 Å². The Morgan fingerprint density at radius 1 is 1.16 bits per heavy atom. The highest BCUT2D eigenvalue weighted by atomic mass is 16.6. The van der Waals surface area contributed by atoms with Gasteiger partial charge in [-0.1, -0.05) is 18.2 Å². The lowest BCUT2D eigenvalue weighted by atomic mass is 10.0. The first-order valence-electron chi connectivity index (χ1n) is 14.3.